The molecule has 1 aromatic rings. The Morgan fingerprint density at radius 1 is 1.21 bits per heavy atom. The monoisotopic (exact) mass is 406 g/mol. The van der Waals surface area contributed by atoms with Crippen molar-refractivity contribution >= 4 is 21.6 Å². The maximum atomic E-state index is 12.5. The summed E-state index contributed by atoms with van der Waals surface area (Å²) in [5.41, 5.74) is 1.11. The van der Waals surface area contributed by atoms with Gasteiger partial charge in [0.15, 0.2) is 6.10 Å². The van der Waals surface area contributed by atoms with Gasteiger partial charge in [-0.25, -0.2) is 13.1 Å². The number of hydrogen-bond donors (Lipinski definition) is 2. The lowest BCUT2D eigenvalue weighted by Gasteiger charge is -2.34. The molecule has 1 saturated heterocycles. The third-order valence-corrected chi connectivity index (χ3v) is 5.67. The molecule has 0 aromatic heterocycles. The van der Waals surface area contributed by atoms with E-state index in [9.17, 15) is 13.2 Å². The van der Waals surface area contributed by atoms with E-state index in [1.165, 1.54) is 0 Å². The number of allylic oxidation sites excluding steroid dienone is 2. The maximum Gasteiger partial charge on any atom is 0.255 e. The highest BCUT2D eigenvalue weighted by Gasteiger charge is 2.33. The molecule has 1 aliphatic heterocycles. The summed E-state index contributed by atoms with van der Waals surface area (Å²) in [5.74, 6) is -0.237. The van der Waals surface area contributed by atoms with Crippen molar-refractivity contribution in [1.82, 2.24) is 4.72 Å². The second-order valence-electron chi connectivity index (χ2n) is 7.35. The first-order valence-corrected chi connectivity index (χ1v) is 11.0. The van der Waals surface area contributed by atoms with Crippen molar-refractivity contribution in [3.05, 3.63) is 54.1 Å². The van der Waals surface area contributed by atoms with Gasteiger partial charge < -0.3 is 14.8 Å². The van der Waals surface area contributed by atoms with Crippen molar-refractivity contribution < 1.29 is 22.7 Å². The van der Waals surface area contributed by atoms with Gasteiger partial charge >= 0.3 is 0 Å². The van der Waals surface area contributed by atoms with Crippen LogP contribution in [-0.4, -0.2) is 45.8 Å². The molecule has 3 rings (SSSR count). The first-order chi connectivity index (χ1) is 13.3. The Morgan fingerprint density at radius 2 is 1.96 bits per heavy atom. The van der Waals surface area contributed by atoms with Crippen molar-refractivity contribution in [2.24, 2.45) is 5.92 Å². The number of carbonyl (C=O) groups is 1. The standard InChI is InChI=1S/C20H26N2O5S/c1-14(2)11-21-28(24,25)13-15-6-5-7-16(10-15)22-20(23)19-12-26-17-8-3-4-9-18(17)27-19/h3-10,14,17-19,21H,11-13H2,1-2H3,(H,22,23). The Bertz CT molecular complexity index is 863. The molecule has 2 N–H and O–H groups in total. The largest absolute Gasteiger partial charge is 0.368 e. The molecule has 2 aliphatic rings. The van der Waals surface area contributed by atoms with E-state index in [0.29, 0.717) is 17.8 Å². The molecule has 8 heteroatoms. The molecule has 1 fully saturated rings. The lowest BCUT2D eigenvalue weighted by atomic mass is 10.1. The van der Waals surface area contributed by atoms with Crippen LogP contribution in [0.4, 0.5) is 5.69 Å². The number of carbonyl (C=O) groups excluding carboxylic acids is 1. The van der Waals surface area contributed by atoms with Crippen molar-refractivity contribution in [3.8, 4) is 0 Å². The van der Waals surface area contributed by atoms with Gasteiger partial charge in [0.1, 0.15) is 12.2 Å². The van der Waals surface area contributed by atoms with Crippen molar-refractivity contribution in [1.29, 1.82) is 0 Å². The fraction of sp³-hybridized carbons (Fsp3) is 0.450. The highest BCUT2D eigenvalue weighted by Crippen LogP contribution is 2.21. The summed E-state index contributed by atoms with van der Waals surface area (Å²) in [4.78, 5) is 12.5. The number of fused-ring (bicyclic) bond motifs is 1. The molecule has 0 bridgehead atoms. The molecule has 3 atom stereocenters. The molecule has 1 aromatic carbocycles. The Labute approximate surface area is 165 Å². The number of ether oxygens (including phenoxy) is 2. The van der Waals surface area contributed by atoms with E-state index in [1.54, 1.807) is 24.3 Å². The van der Waals surface area contributed by atoms with Gasteiger partial charge in [-0.05, 0) is 23.6 Å². The maximum absolute atomic E-state index is 12.5. The van der Waals surface area contributed by atoms with Gasteiger partial charge in [-0.2, -0.15) is 0 Å². The highest BCUT2D eigenvalue weighted by atomic mass is 32.2. The van der Waals surface area contributed by atoms with Gasteiger partial charge in [0.2, 0.25) is 10.0 Å². The molecule has 1 aliphatic carbocycles. The summed E-state index contributed by atoms with van der Waals surface area (Å²) in [7, 11) is -3.43. The van der Waals surface area contributed by atoms with Crippen LogP contribution >= 0.6 is 0 Å². The molecule has 0 radical (unpaired) electrons. The van der Waals surface area contributed by atoms with E-state index < -0.39 is 16.1 Å². The molecule has 152 valence electrons. The predicted molar refractivity (Wildman–Crippen MR) is 107 cm³/mol. The summed E-state index contributed by atoms with van der Waals surface area (Å²) in [6.07, 6.45) is 6.34. The second kappa shape index (κ2) is 9.00. The second-order valence-corrected chi connectivity index (χ2v) is 9.15. The molecule has 28 heavy (non-hydrogen) atoms. The van der Waals surface area contributed by atoms with Gasteiger partial charge in [-0.15, -0.1) is 0 Å². The average Bonchev–Trinajstić information content (AvgIpc) is 2.66. The first-order valence-electron chi connectivity index (χ1n) is 9.31. The predicted octanol–water partition coefficient (Wildman–Crippen LogP) is 1.98. The van der Waals surface area contributed by atoms with E-state index in [4.69, 9.17) is 9.47 Å². The number of nitrogens with one attached hydrogen (secondary N) is 2. The smallest absolute Gasteiger partial charge is 0.255 e. The third kappa shape index (κ3) is 5.75. The van der Waals surface area contributed by atoms with Crippen LogP contribution in [0, 0.1) is 5.92 Å². The summed E-state index contributed by atoms with van der Waals surface area (Å²) < 4.78 is 38.4. The fourth-order valence-electron chi connectivity index (χ4n) is 2.93. The average molecular weight is 407 g/mol. The number of amides is 1. The molecule has 7 nitrogen and oxygen atoms in total. The van der Waals surface area contributed by atoms with Crippen LogP contribution in [0.1, 0.15) is 19.4 Å². The van der Waals surface area contributed by atoms with E-state index in [1.807, 2.05) is 38.2 Å². The normalized spacial score (nSPS) is 24.2. The Morgan fingerprint density at radius 3 is 2.71 bits per heavy atom. The first kappa shape index (κ1) is 20.7. The summed E-state index contributed by atoms with van der Waals surface area (Å²) in [5, 5.41) is 2.78. The van der Waals surface area contributed by atoms with Gasteiger partial charge in [0, 0.05) is 12.2 Å². The van der Waals surface area contributed by atoms with Gasteiger partial charge in [0.05, 0.1) is 12.4 Å². The Kier molecular flexibility index (Phi) is 6.66. The number of benzene rings is 1. The molecular weight excluding hydrogens is 380 g/mol. The van der Waals surface area contributed by atoms with Crippen LogP contribution in [0.3, 0.4) is 0 Å². The van der Waals surface area contributed by atoms with Crippen molar-refractivity contribution in [2.75, 3.05) is 18.5 Å². The molecule has 0 saturated carbocycles. The van der Waals surface area contributed by atoms with Gasteiger partial charge in [-0.3, -0.25) is 4.79 Å². The van der Waals surface area contributed by atoms with E-state index >= 15 is 0 Å². The molecular formula is C20H26N2O5S. The fourth-order valence-corrected chi connectivity index (χ4v) is 4.24. The van der Waals surface area contributed by atoms with Crippen LogP contribution in [0.5, 0.6) is 0 Å². The zero-order valence-electron chi connectivity index (χ0n) is 16.0. The van der Waals surface area contributed by atoms with Crippen LogP contribution < -0.4 is 10.0 Å². The Hall–Kier alpha value is -2.00. The van der Waals surface area contributed by atoms with E-state index in [0.717, 1.165) is 0 Å². The van der Waals surface area contributed by atoms with Crippen LogP contribution in [0.25, 0.3) is 0 Å². The summed E-state index contributed by atoms with van der Waals surface area (Å²) in [6.45, 7) is 4.44. The number of rotatable bonds is 7. The zero-order chi connectivity index (χ0) is 20.1. The minimum Gasteiger partial charge on any atom is -0.368 e. The lowest BCUT2D eigenvalue weighted by Crippen LogP contribution is -2.47. The van der Waals surface area contributed by atoms with Gasteiger partial charge in [-0.1, -0.05) is 50.3 Å². The quantitative estimate of drug-likeness (QED) is 0.722. The topological polar surface area (TPSA) is 93.7 Å². The summed E-state index contributed by atoms with van der Waals surface area (Å²) in [6, 6.07) is 6.80. The lowest BCUT2D eigenvalue weighted by molar-refractivity contribution is -0.164. The SMILES string of the molecule is CC(C)CNS(=O)(=O)Cc1cccc(NC(=O)C2COC3C=CC=CC3O2)c1. The number of hydrogen-bond acceptors (Lipinski definition) is 5. The van der Waals surface area contributed by atoms with E-state index in [-0.39, 0.29) is 36.4 Å². The van der Waals surface area contributed by atoms with E-state index in [2.05, 4.69) is 10.0 Å². The molecule has 3 unspecified atom stereocenters. The van der Waals surface area contributed by atoms with Crippen molar-refractivity contribution in [3.63, 3.8) is 0 Å². The highest BCUT2D eigenvalue weighted by molar-refractivity contribution is 7.88. The number of anilines is 1. The number of sulfonamides is 1. The molecule has 1 amide bonds. The Balaban J connectivity index is 1.59. The van der Waals surface area contributed by atoms with Gasteiger partial charge in [0.25, 0.3) is 5.91 Å². The molecule has 1 heterocycles. The third-order valence-electron chi connectivity index (χ3n) is 4.35. The van der Waals surface area contributed by atoms with Crippen LogP contribution in [-0.2, 0) is 30.0 Å². The zero-order valence-corrected chi connectivity index (χ0v) is 16.8. The van der Waals surface area contributed by atoms with Crippen LogP contribution in [0.15, 0.2) is 48.6 Å². The van der Waals surface area contributed by atoms with Crippen LogP contribution in [0.2, 0.25) is 0 Å². The summed E-state index contributed by atoms with van der Waals surface area (Å²) >= 11 is 0. The minimum absolute atomic E-state index is 0.145. The van der Waals surface area contributed by atoms with Crippen molar-refractivity contribution in [2.45, 2.75) is 37.9 Å². The minimum atomic E-state index is -3.43. The molecule has 0 spiro atoms.